The molecule has 4 rings (SSSR count). The molecule has 0 saturated carbocycles. The monoisotopic (exact) mass is 393 g/mol. The van der Waals surface area contributed by atoms with Gasteiger partial charge in [0.25, 0.3) is 5.91 Å². The van der Waals surface area contributed by atoms with Crippen LogP contribution in [-0.4, -0.2) is 57.9 Å². The number of aromatic nitrogens is 4. The molecule has 8 nitrogen and oxygen atoms in total. The summed E-state index contributed by atoms with van der Waals surface area (Å²) in [6.45, 7) is 1.58. The lowest BCUT2D eigenvalue weighted by Gasteiger charge is -2.17. The molecule has 1 atom stereocenters. The number of likely N-dealkylation sites (tertiary alicyclic amines) is 1. The number of hydrogen-bond donors (Lipinski definition) is 0. The summed E-state index contributed by atoms with van der Waals surface area (Å²) in [5.41, 5.74) is 1.94. The molecule has 8 heteroatoms. The third kappa shape index (κ3) is 3.84. The second-order valence-electron chi connectivity index (χ2n) is 6.91. The van der Waals surface area contributed by atoms with Crippen LogP contribution in [0.2, 0.25) is 0 Å². The van der Waals surface area contributed by atoms with Gasteiger partial charge in [0.2, 0.25) is 11.7 Å². The van der Waals surface area contributed by atoms with E-state index in [0.29, 0.717) is 36.4 Å². The normalized spacial score (nSPS) is 16.2. The Kier molecular flexibility index (Phi) is 5.53. The highest BCUT2D eigenvalue weighted by atomic mass is 16.5. The Balaban J connectivity index is 1.61. The molecule has 1 amide bonds. The van der Waals surface area contributed by atoms with Gasteiger partial charge in [-0.3, -0.25) is 9.36 Å². The lowest BCUT2D eigenvalue weighted by Crippen LogP contribution is -2.31. The van der Waals surface area contributed by atoms with Crippen LogP contribution in [0.5, 0.6) is 5.88 Å². The first-order valence-corrected chi connectivity index (χ1v) is 9.49. The fourth-order valence-corrected chi connectivity index (χ4v) is 3.66. The van der Waals surface area contributed by atoms with E-state index in [2.05, 4.69) is 27.3 Å². The van der Waals surface area contributed by atoms with Gasteiger partial charge in [-0.15, -0.1) is 10.2 Å². The van der Waals surface area contributed by atoms with Crippen LogP contribution in [0.1, 0.15) is 34.3 Å². The highest BCUT2D eigenvalue weighted by Gasteiger charge is 2.31. The minimum Gasteiger partial charge on any atom is -0.481 e. The fraction of sp³-hybridized carbons (Fsp3) is 0.333. The number of carbonyl (C=O) groups is 1. The largest absolute Gasteiger partial charge is 0.481 e. The first kappa shape index (κ1) is 19.1. The molecule has 3 heterocycles. The van der Waals surface area contributed by atoms with Gasteiger partial charge >= 0.3 is 0 Å². The molecule has 2 aromatic heterocycles. The van der Waals surface area contributed by atoms with Crippen molar-refractivity contribution in [1.82, 2.24) is 24.6 Å². The molecular weight excluding hydrogens is 370 g/mol. The molecule has 1 aliphatic heterocycles. The van der Waals surface area contributed by atoms with E-state index in [1.165, 1.54) is 5.56 Å². The van der Waals surface area contributed by atoms with E-state index in [1.54, 1.807) is 31.0 Å². The standard InChI is InChI=1S/C21H23N5O3/c1-28-14-18-23-24-20(26(18)17-8-9-19(29-2)22-12-17)21(27)25-11-10-16(13-25)15-6-4-3-5-7-15/h3-9,12,16H,10-11,13-14H2,1-2H3. The second-order valence-corrected chi connectivity index (χ2v) is 6.91. The molecule has 1 saturated heterocycles. The summed E-state index contributed by atoms with van der Waals surface area (Å²) >= 11 is 0. The van der Waals surface area contributed by atoms with Crippen molar-refractivity contribution in [2.24, 2.45) is 0 Å². The summed E-state index contributed by atoms with van der Waals surface area (Å²) < 4.78 is 12.1. The summed E-state index contributed by atoms with van der Waals surface area (Å²) in [5.74, 6) is 1.49. The average Bonchev–Trinajstić information content (AvgIpc) is 3.42. The highest BCUT2D eigenvalue weighted by molar-refractivity contribution is 5.91. The Labute approximate surface area is 169 Å². The van der Waals surface area contributed by atoms with Gasteiger partial charge in [-0.1, -0.05) is 30.3 Å². The van der Waals surface area contributed by atoms with Crippen LogP contribution in [-0.2, 0) is 11.3 Å². The maximum atomic E-state index is 13.3. The fourth-order valence-electron chi connectivity index (χ4n) is 3.66. The number of ether oxygens (including phenoxy) is 2. The molecular formula is C21H23N5O3. The number of pyridine rings is 1. The number of rotatable bonds is 6. The van der Waals surface area contributed by atoms with Gasteiger partial charge in [-0.05, 0) is 18.1 Å². The quantitative estimate of drug-likeness (QED) is 0.640. The van der Waals surface area contributed by atoms with Crippen molar-refractivity contribution >= 4 is 5.91 Å². The van der Waals surface area contributed by atoms with Gasteiger partial charge in [0.1, 0.15) is 6.61 Å². The van der Waals surface area contributed by atoms with Crippen LogP contribution in [0, 0.1) is 0 Å². The lowest BCUT2D eigenvalue weighted by molar-refractivity contribution is 0.0775. The zero-order valence-electron chi connectivity index (χ0n) is 16.5. The van der Waals surface area contributed by atoms with E-state index < -0.39 is 0 Å². The number of benzene rings is 1. The Morgan fingerprint density at radius 1 is 1.14 bits per heavy atom. The summed E-state index contributed by atoms with van der Waals surface area (Å²) in [6.07, 6.45) is 2.56. The van der Waals surface area contributed by atoms with E-state index in [1.807, 2.05) is 29.2 Å². The molecule has 1 unspecified atom stereocenters. The van der Waals surface area contributed by atoms with Crippen LogP contribution in [0.25, 0.3) is 5.69 Å². The van der Waals surface area contributed by atoms with Crippen LogP contribution in [0.15, 0.2) is 48.7 Å². The maximum Gasteiger partial charge on any atom is 0.292 e. The van der Waals surface area contributed by atoms with Crippen LogP contribution < -0.4 is 4.74 Å². The molecule has 0 N–H and O–H groups in total. The zero-order chi connectivity index (χ0) is 20.2. The average molecular weight is 393 g/mol. The zero-order valence-corrected chi connectivity index (χ0v) is 16.5. The van der Waals surface area contributed by atoms with Gasteiger partial charge < -0.3 is 14.4 Å². The first-order chi connectivity index (χ1) is 14.2. The van der Waals surface area contributed by atoms with Gasteiger partial charge in [-0.25, -0.2) is 4.98 Å². The third-order valence-corrected chi connectivity index (χ3v) is 5.13. The minimum atomic E-state index is -0.144. The van der Waals surface area contributed by atoms with Crippen molar-refractivity contribution in [2.45, 2.75) is 18.9 Å². The second kappa shape index (κ2) is 8.40. The molecule has 0 bridgehead atoms. The van der Waals surface area contributed by atoms with Crippen molar-refractivity contribution in [3.8, 4) is 11.6 Å². The van der Waals surface area contributed by atoms with Crippen LogP contribution in [0.4, 0.5) is 0 Å². The molecule has 0 aliphatic carbocycles. The van der Waals surface area contributed by atoms with Crippen molar-refractivity contribution < 1.29 is 14.3 Å². The molecule has 1 aliphatic rings. The van der Waals surface area contributed by atoms with Crippen molar-refractivity contribution in [2.75, 3.05) is 27.3 Å². The highest BCUT2D eigenvalue weighted by Crippen LogP contribution is 2.28. The number of amides is 1. The van der Waals surface area contributed by atoms with Gasteiger partial charge in [0.15, 0.2) is 5.82 Å². The van der Waals surface area contributed by atoms with E-state index >= 15 is 0 Å². The van der Waals surface area contributed by atoms with E-state index in [-0.39, 0.29) is 18.3 Å². The van der Waals surface area contributed by atoms with Crippen LogP contribution >= 0.6 is 0 Å². The Morgan fingerprint density at radius 2 is 1.97 bits per heavy atom. The van der Waals surface area contributed by atoms with Crippen molar-refractivity contribution in [1.29, 1.82) is 0 Å². The molecule has 0 radical (unpaired) electrons. The Bertz CT molecular complexity index is 972. The van der Waals surface area contributed by atoms with E-state index in [4.69, 9.17) is 9.47 Å². The van der Waals surface area contributed by atoms with Gasteiger partial charge in [0.05, 0.1) is 19.0 Å². The van der Waals surface area contributed by atoms with Gasteiger partial charge in [0, 0.05) is 32.2 Å². The summed E-state index contributed by atoms with van der Waals surface area (Å²) in [6, 6.07) is 13.9. The number of hydrogen-bond acceptors (Lipinski definition) is 6. The van der Waals surface area contributed by atoms with Crippen molar-refractivity contribution in [3.63, 3.8) is 0 Å². The Morgan fingerprint density at radius 3 is 2.66 bits per heavy atom. The Hall–Kier alpha value is -3.26. The smallest absolute Gasteiger partial charge is 0.292 e. The van der Waals surface area contributed by atoms with Gasteiger partial charge in [-0.2, -0.15) is 0 Å². The van der Waals surface area contributed by atoms with Crippen molar-refractivity contribution in [3.05, 3.63) is 65.9 Å². The molecule has 0 spiro atoms. The SMILES string of the molecule is COCc1nnc(C(=O)N2CCC(c3ccccc3)C2)n1-c1ccc(OC)nc1. The summed E-state index contributed by atoms with van der Waals surface area (Å²) in [5, 5.41) is 8.35. The number of carbonyl (C=O) groups excluding carboxylic acids is 1. The molecule has 1 aromatic carbocycles. The van der Waals surface area contributed by atoms with E-state index in [0.717, 1.165) is 6.42 Å². The topological polar surface area (TPSA) is 82.4 Å². The number of nitrogens with zero attached hydrogens (tertiary/aromatic N) is 5. The predicted octanol–water partition coefficient (Wildman–Crippen LogP) is 2.45. The molecule has 1 fully saturated rings. The van der Waals surface area contributed by atoms with Crippen LogP contribution in [0.3, 0.4) is 0 Å². The predicted molar refractivity (Wildman–Crippen MR) is 106 cm³/mol. The summed E-state index contributed by atoms with van der Waals surface area (Å²) in [4.78, 5) is 19.4. The van der Waals surface area contributed by atoms with E-state index in [9.17, 15) is 4.79 Å². The first-order valence-electron chi connectivity index (χ1n) is 9.49. The molecule has 29 heavy (non-hydrogen) atoms. The minimum absolute atomic E-state index is 0.144. The number of methoxy groups -OCH3 is 2. The maximum absolute atomic E-state index is 13.3. The summed E-state index contributed by atoms with van der Waals surface area (Å²) in [7, 11) is 3.14. The third-order valence-electron chi connectivity index (χ3n) is 5.13. The molecule has 150 valence electrons. The lowest BCUT2D eigenvalue weighted by atomic mass is 9.99. The molecule has 3 aromatic rings.